The van der Waals surface area contributed by atoms with Crippen LogP contribution in [0.15, 0.2) is 18.2 Å². The van der Waals surface area contributed by atoms with E-state index in [0.717, 1.165) is 25.7 Å². The standard InChI is InChI=1S/C14H21F3N4/c1-20-5-6-21(2)11(9-20)8-19-10-3-4-13(18)12(7-10)14(15,16)17/h3-4,7,11,19H,5-6,8-9,18H2,1-2H3. The lowest BCUT2D eigenvalue weighted by atomic mass is 10.1. The lowest BCUT2D eigenvalue weighted by molar-refractivity contribution is -0.136. The number of anilines is 2. The highest BCUT2D eigenvalue weighted by Crippen LogP contribution is 2.35. The van der Waals surface area contributed by atoms with Gasteiger partial charge in [-0.15, -0.1) is 0 Å². The molecule has 1 aromatic rings. The summed E-state index contributed by atoms with van der Waals surface area (Å²) in [6.45, 7) is 3.46. The van der Waals surface area contributed by atoms with E-state index in [1.807, 2.05) is 14.1 Å². The Labute approximate surface area is 122 Å². The van der Waals surface area contributed by atoms with Crippen LogP contribution in [0.4, 0.5) is 24.5 Å². The molecule has 0 amide bonds. The van der Waals surface area contributed by atoms with Gasteiger partial charge >= 0.3 is 6.18 Å². The van der Waals surface area contributed by atoms with Gasteiger partial charge in [0.05, 0.1) is 5.56 Å². The fourth-order valence-electron chi connectivity index (χ4n) is 2.47. The van der Waals surface area contributed by atoms with Crippen LogP contribution in [0.1, 0.15) is 5.56 Å². The third-order valence-corrected chi connectivity index (χ3v) is 3.88. The monoisotopic (exact) mass is 302 g/mol. The third-order valence-electron chi connectivity index (χ3n) is 3.88. The van der Waals surface area contributed by atoms with Crippen LogP contribution in [-0.4, -0.2) is 56.1 Å². The molecule has 1 atom stereocenters. The summed E-state index contributed by atoms with van der Waals surface area (Å²) in [6.07, 6.45) is -4.43. The van der Waals surface area contributed by atoms with Crippen molar-refractivity contribution in [1.82, 2.24) is 9.80 Å². The van der Waals surface area contributed by atoms with E-state index in [2.05, 4.69) is 15.1 Å². The maximum absolute atomic E-state index is 12.8. The van der Waals surface area contributed by atoms with Gasteiger partial charge < -0.3 is 16.0 Å². The summed E-state index contributed by atoms with van der Waals surface area (Å²) in [7, 11) is 4.08. The Balaban J connectivity index is 2.03. The van der Waals surface area contributed by atoms with E-state index in [-0.39, 0.29) is 11.7 Å². The SMILES string of the molecule is CN1CCN(C)C(CNc2ccc(N)c(C(F)(F)F)c2)C1. The van der Waals surface area contributed by atoms with Gasteiger partial charge in [-0.05, 0) is 32.3 Å². The Kier molecular flexibility index (Phi) is 4.63. The van der Waals surface area contributed by atoms with Crippen molar-refractivity contribution in [3.05, 3.63) is 23.8 Å². The van der Waals surface area contributed by atoms with E-state index in [4.69, 9.17) is 5.73 Å². The van der Waals surface area contributed by atoms with Gasteiger partial charge in [0.25, 0.3) is 0 Å². The maximum Gasteiger partial charge on any atom is 0.418 e. The molecular formula is C14H21F3N4. The number of nitrogen functional groups attached to an aromatic ring is 1. The Bertz CT molecular complexity index is 490. The van der Waals surface area contributed by atoms with Crippen molar-refractivity contribution in [2.45, 2.75) is 12.2 Å². The van der Waals surface area contributed by atoms with Crippen molar-refractivity contribution >= 4 is 11.4 Å². The minimum Gasteiger partial charge on any atom is -0.398 e. The average molecular weight is 302 g/mol. The van der Waals surface area contributed by atoms with Crippen molar-refractivity contribution in [3.8, 4) is 0 Å². The number of rotatable bonds is 3. The number of nitrogens with zero attached hydrogens (tertiary/aromatic N) is 2. The maximum atomic E-state index is 12.8. The molecule has 21 heavy (non-hydrogen) atoms. The van der Waals surface area contributed by atoms with Crippen LogP contribution in [0.25, 0.3) is 0 Å². The molecule has 0 saturated carbocycles. The van der Waals surface area contributed by atoms with Crippen LogP contribution in [0.5, 0.6) is 0 Å². The van der Waals surface area contributed by atoms with E-state index in [1.165, 1.54) is 6.07 Å². The lowest BCUT2D eigenvalue weighted by Gasteiger charge is -2.37. The first-order valence-electron chi connectivity index (χ1n) is 6.87. The van der Waals surface area contributed by atoms with E-state index in [0.29, 0.717) is 12.2 Å². The number of nitrogens with two attached hydrogens (primary N) is 1. The van der Waals surface area contributed by atoms with Crippen LogP contribution >= 0.6 is 0 Å². The van der Waals surface area contributed by atoms with Gasteiger partial charge in [0, 0.05) is 43.6 Å². The zero-order valence-corrected chi connectivity index (χ0v) is 12.2. The molecule has 1 aliphatic rings. The Hall–Kier alpha value is -1.47. The first kappa shape index (κ1) is 15.9. The molecule has 0 radical (unpaired) electrons. The number of hydrogen-bond donors (Lipinski definition) is 2. The molecule has 118 valence electrons. The number of benzene rings is 1. The molecule has 0 bridgehead atoms. The zero-order valence-electron chi connectivity index (χ0n) is 12.2. The molecule has 0 aliphatic carbocycles. The van der Waals surface area contributed by atoms with Crippen LogP contribution < -0.4 is 11.1 Å². The van der Waals surface area contributed by atoms with Crippen molar-refractivity contribution in [1.29, 1.82) is 0 Å². The van der Waals surface area contributed by atoms with Crippen LogP contribution in [0, 0.1) is 0 Å². The molecule has 1 saturated heterocycles. The van der Waals surface area contributed by atoms with Crippen molar-refractivity contribution in [2.24, 2.45) is 0 Å². The second-order valence-electron chi connectivity index (χ2n) is 5.58. The highest BCUT2D eigenvalue weighted by atomic mass is 19.4. The first-order chi connectivity index (χ1) is 9.77. The molecule has 0 aromatic heterocycles. The lowest BCUT2D eigenvalue weighted by Crippen LogP contribution is -2.52. The topological polar surface area (TPSA) is 44.5 Å². The van der Waals surface area contributed by atoms with Gasteiger partial charge in [-0.3, -0.25) is 4.90 Å². The normalized spacial score (nSPS) is 21.5. The van der Waals surface area contributed by atoms with Crippen molar-refractivity contribution < 1.29 is 13.2 Å². The number of likely N-dealkylation sites (N-methyl/N-ethyl adjacent to an activating group) is 2. The molecule has 1 heterocycles. The molecule has 1 aromatic carbocycles. The van der Waals surface area contributed by atoms with E-state index < -0.39 is 11.7 Å². The molecule has 4 nitrogen and oxygen atoms in total. The largest absolute Gasteiger partial charge is 0.418 e. The van der Waals surface area contributed by atoms with E-state index in [9.17, 15) is 13.2 Å². The number of alkyl halides is 3. The summed E-state index contributed by atoms with van der Waals surface area (Å²) in [5, 5.41) is 3.08. The van der Waals surface area contributed by atoms with Gasteiger partial charge in [0.1, 0.15) is 0 Å². The highest BCUT2D eigenvalue weighted by Gasteiger charge is 2.33. The molecule has 2 rings (SSSR count). The summed E-state index contributed by atoms with van der Waals surface area (Å²) in [6, 6.07) is 4.22. The average Bonchev–Trinajstić information content (AvgIpc) is 2.40. The van der Waals surface area contributed by atoms with E-state index >= 15 is 0 Å². The van der Waals surface area contributed by atoms with Crippen LogP contribution in [0.3, 0.4) is 0 Å². The third kappa shape index (κ3) is 4.01. The number of piperazine rings is 1. The minimum atomic E-state index is -4.43. The summed E-state index contributed by atoms with van der Waals surface area (Å²) in [4.78, 5) is 4.44. The van der Waals surface area contributed by atoms with Crippen LogP contribution in [0.2, 0.25) is 0 Å². The van der Waals surface area contributed by atoms with Gasteiger partial charge in [0.2, 0.25) is 0 Å². The Morgan fingerprint density at radius 1 is 1.29 bits per heavy atom. The summed E-state index contributed by atoms with van der Waals surface area (Å²) in [5.41, 5.74) is 4.80. The molecule has 1 fully saturated rings. The summed E-state index contributed by atoms with van der Waals surface area (Å²) >= 11 is 0. The molecule has 7 heteroatoms. The van der Waals surface area contributed by atoms with Gasteiger partial charge in [-0.2, -0.15) is 13.2 Å². The number of nitrogens with one attached hydrogen (secondary N) is 1. The van der Waals surface area contributed by atoms with Crippen molar-refractivity contribution in [2.75, 3.05) is 51.3 Å². The Morgan fingerprint density at radius 3 is 2.67 bits per heavy atom. The second-order valence-corrected chi connectivity index (χ2v) is 5.58. The van der Waals surface area contributed by atoms with Gasteiger partial charge in [-0.1, -0.05) is 0 Å². The summed E-state index contributed by atoms with van der Waals surface area (Å²) in [5.74, 6) is 0. The zero-order chi connectivity index (χ0) is 15.6. The quantitative estimate of drug-likeness (QED) is 0.838. The smallest absolute Gasteiger partial charge is 0.398 e. The predicted molar refractivity (Wildman–Crippen MR) is 78.3 cm³/mol. The number of halogens is 3. The Morgan fingerprint density at radius 2 is 2.00 bits per heavy atom. The highest BCUT2D eigenvalue weighted by molar-refractivity contribution is 5.58. The van der Waals surface area contributed by atoms with Gasteiger partial charge in [0.15, 0.2) is 0 Å². The predicted octanol–water partition coefficient (Wildman–Crippen LogP) is 1.95. The molecule has 1 aliphatic heterocycles. The fourth-order valence-corrected chi connectivity index (χ4v) is 2.47. The molecular weight excluding hydrogens is 281 g/mol. The van der Waals surface area contributed by atoms with Crippen molar-refractivity contribution in [3.63, 3.8) is 0 Å². The number of hydrogen-bond acceptors (Lipinski definition) is 4. The molecule has 0 spiro atoms. The minimum absolute atomic E-state index is 0.248. The van der Waals surface area contributed by atoms with E-state index in [1.54, 1.807) is 6.07 Å². The molecule has 1 unspecified atom stereocenters. The van der Waals surface area contributed by atoms with Gasteiger partial charge in [-0.25, -0.2) is 0 Å². The summed E-state index contributed by atoms with van der Waals surface area (Å²) < 4.78 is 38.4. The molecule has 3 N–H and O–H groups in total. The second kappa shape index (κ2) is 6.11. The van der Waals surface area contributed by atoms with Crippen LogP contribution in [-0.2, 0) is 6.18 Å². The first-order valence-corrected chi connectivity index (χ1v) is 6.87. The fraction of sp³-hybridized carbons (Fsp3) is 0.571.